The van der Waals surface area contributed by atoms with E-state index in [9.17, 15) is 0 Å². The molecule has 0 aromatic carbocycles. The Balaban J connectivity index is 2.42. The van der Waals surface area contributed by atoms with E-state index in [0.717, 1.165) is 28.2 Å². The van der Waals surface area contributed by atoms with Gasteiger partial charge in [-0.05, 0) is 25.6 Å². The second kappa shape index (κ2) is 6.97. The van der Waals surface area contributed by atoms with Crippen LogP contribution in [-0.2, 0) is 0 Å². The van der Waals surface area contributed by atoms with Crippen molar-refractivity contribution in [1.29, 1.82) is 0 Å². The average Bonchev–Trinajstić information content (AvgIpc) is 2.63. The molecule has 0 bridgehead atoms. The maximum absolute atomic E-state index is 5.04. The fraction of sp³-hybridized carbons (Fsp3) is 0.625. The predicted octanol–water partition coefficient (Wildman–Crippen LogP) is 2.35. The van der Waals surface area contributed by atoms with Crippen LogP contribution in [0.25, 0.3) is 0 Å². The molecule has 0 atom stereocenters. The van der Waals surface area contributed by atoms with Gasteiger partial charge in [-0.1, -0.05) is 30.0 Å². The van der Waals surface area contributed by atoms with E-state index in [-0.39, 0.29) is 0 Å². The number of nitrogens with one attached hydrogen (secondary N) is 2. The number of thioether (sulfide) groups is 1. The number of anilines is 1. The first kappa shape index (κ1) is 12.7. The molecule has 1 aromatic rings. The highest BCUT2D eigenvalue weighted by atomic mass is 32.2. The van der Waals surface area contributed by atoms with E-state index in [1.165, 1.54) is 11.3 Å². The Kier molecular flexibility index (Phi) is 5.89. The summed E-state index contributed by atoms with van der Waals surface area (Å²) < 4.78 is 0.985. The zero-order valence-electron chi connectivity index (χ0n) is 8.74. The maximum Gasteiger partial charge on any atom is 0.212 e. The molecule has 1 aromatic heterocycles. The Morgan fingerprint density at radius 2 is 2.27 bits per heavy atom. The molecular formula is C8H14N4S3. The normalized spacial score (nSPS) is 10.0. The van der Waals surface area contributed by atoms with Crippen molar-refractivity contribution in [3.8, 4) is 0 Å². The van der Waals surface area contributed by atoms with Crippen LogP contribution in [0.5, 0.6) is 0 Å². The van der Waals surface area contributed by atoms with E-state index in [1.807, 2.05) is 6.92 Å². The third-order valence-electron chi connectivity index (χ3n) is 1.39. The topological polar surface area (TPSA) is 49.8 Å². The smallest absolute Gasteiger partial charge is 0.212 e. The molecule has 0 radical (unpaired) electrons. The molecule has 84 valence electrons. The van der Waals surface area contributed by atoms with Gasteiger partial charge in [0, 0.05) is 12.3 Å². The van der Waals surface area contributed by atoms with Crippen LogP contribution < -0.4 is 10.6 Å². The third kappa shape index (κ3) is 4.76. The molecule has 7 heteroatoms. The minimum Gasteiger partial charge on any atom is -0.363 e. The van der Waals surface area contributed by atoms with Gasteiger partial charge in [0.15, 0.2) is 9.45 Å². The molecule has 1 rings (SSSR count). The lowest BCUT2D eigenvalue weighted by Gasteiger charge is -2.03. The molecule has 1 heterocycles. The zero-order valence-corrected chi connectivity index (χ0v) is 11.2. The van der Waals surface area contributed by atoms with Crippen molar-refractivity contribution >= 4 is 45.6 Å². The van der Waals surface area contributed by atoms with Crippen molar-refractivity contribution in [2.24, 2.45) is 0 Å². The van der Waals surface area contributed by atoms with Crippen molar-refractivity contribution in [1.82, 2.24) is 15.5 Å². The molecule has 0 aliphatic heterocycles. The third-order valence-corrected chi connectivity index (χ3v) is 3.82. The van der Waals surface area contributed by atoms with Gasteiger partial charge in [-0.25, -0.2) is 0 Å². The van der Waals surface area contributed by atoms with Crippen molar-refractivity contribution in [3.05, 3.63) is 0 Å². The van der Waals surface area contributed by atoms with Crippen LogP contribution in [-0.4, -0.2) is 27.6 Å². The molecule has 15 heavy (non-hydrogen) atoms. The molecule has 0 aliphatic rings. The maximum atomic E-state index is 5.04. The number of hydrogen-bond acceptors (Lipinski definition) is 5. The van der Waals surface area contributed by atoms with Crippen molar-refractivity contribution in [2.45, 2.75) is 24.6 Å². The van der Waals surface area contributed by atoms with Crippen molar-refractivity contribution < 1.29 is 0 Å². The fourth-order valence-corrected chi connectivity index (χ4v) is 2.80. The van der Waals surface area contributed by atoms with Gasteiger partial charge in [0.2, 0.25) is 5.13 Å². The predicted molar refractivity (Wildman–Crippen MR) is 70.8 cm³/mol. The van der Waals surface area contributed by atoms with E-state index < -0.39 is 0 Å². The van der Waals surface area contributed by atoms with Crippen LogP contribution >= 0.6 is 35.3 Å². The number of hydrogen-bond donors (Lipinski definition) is 2. The molecule has 0 saturated carbocycles. The lowest BCUT2D eigenvalue weighted by atomic mass is 10.6. The Morgan fingerprint density at radius 3 is 2.93 bits per heavy atom. The van der Waals surface area contributed by atoms with Crippen LogP contribution in [0, 0.1) is 0 Å². The summed E-state index contributed by atoms with van der Waals surface area (Å²) >= 11 is 8.29. The van der Waals surface area contributed by atoms with Gasteiger partial charge in [-0.2, -0.15) is 0 Å². The lowest BCUT2D eigenvalue weighted by molar-refractivity contribution is 0.973. The summed E-state index contributed by atoms with van der Waals surface area (Å²) in [7, 11) is 0. The summed E-state index contributed by atoms with van der Waals surface area (Å²) in [4.78, 5) is 0. The number of thiocarbonyl (C=S) groups is 1. The average molecular weight is 262 g/mol. The molecular weight excluding hydrogens is 248 g/mol. The molecule has 0 saturated heterocycles. The van der Waals surface area contributed by atoms with Gasteiger partial charge in [0.05, 0.1) is 0 Å². The van der Waals surface area contributed by atoms with Gasteiger partial charge in [-0.15, -0.1) is 10.2 Å². The Morgan fingerprint density at radius 1 is 1.47 bits per heavy atom. The van der Waals surface area contributed by atoms with E-state index in [1.54, 1.807) is 11.8 Å². The minimum atomic E-state index is 0.598. The molecule has 0 amide bonds. The second-order valence-electron chi connectivity index (χ2n) is 2.71. The summed E-state index contributed by atoms with van der Waals surface area (Å²) in [6.07, 6.45) is 1.14. The lowest BCUT2D eigenvalue weighted by Crippen LogP contribution is -2.27. The summed E-state index contributed by atoms with van der Waals surface area (Å²) in [6.45, 7) is 4.95. The Hall–Kier alpha value is -0.400. The quantitative estimate of drug-likeness (QED) is 0.627. The number of rotatable bonds is 5. The summed E-state index contributed by atoms with van der Waals surface area (Å²) in [6, 6.07) is 0. The molecule has 4 nitrogen and oxygen atoms in total. The van der Waals surface area contributed by atoms with Crippen LogP contribution in [0.4, 0.5) is 5.13 Å². The fourth-order valence-electron chi connectivity index (χ4n) is 0.810. The standard InChI is InChI=1S/C8H14N4S3/c1-3-5-14-8-12-11-7(15-8)10-6(13)9-4-2/h3-5H2,1-2H3,(H2,9,10,11,13). The summed E-state index contributed by atoms with van der Waals surface area (Å²) in [5.74, 6) is 1.08. The van der Waals surface area contributed by atoms with Crippen LogP contribution in [0.15, 0.2) is 4.34 Å². The highest BCUT2D eigenvalue weighted by Gasteiger charge is 2.04. The second-order valence-corrected chi connectivity index (χ2v) is 5.43. The van der Waals surface area contributed by atoms with Gasteiger partial charge in [-0.3, -0.25) is 0 Å². The van der Waals surface area contributed by atoms with E-state index >= 15 is 0 Å². The first-order chi connectivity index (χ1) is 7.26. The first-order valence-corrected chi connectivity index (χ1v) is 6.98. The molecule has 2 N–H and O–H groups in total. The highest BCUT2D eigenvalue weighted by molar-refractivity contribution is 8.01. The minimum absolute atomic E-state index is 0.598. The van der Waals surface area contributed by atoms with Crippen LogP contribution in [0.2, 0.25) is 0 Å². The number of nitrogens with zero attached hydrogens (tertiary/aromatic N) is 2. The SMILES string of the molecule is CCCSc1nnc(NC(=S)NCC)s1. The zero-order chi connectivity index (χ0) is 11.1. The van der Waals surface area contributed by atoms with Gasteiger partial charge in [0.25, 0.3) is 0 Å². The molecule has 0 spiro atoms. The largest absolute Gasteiger partial charge is 0.363 e. The molecule has 0 fully saturated rings. The summed E-state index contributed by atoms with van der Waals surface area (Å²) in [5.41, 5.74) is 0. The Bertz CT molecular complexity index is 313. The van der Waals surface area contributed by atoms with Gasteiger partial charge < -0.3 is 10.6 Å². The van der Waals surface area contributed by atoms with Crippen LogP contribution in [0.1, 0.15) is 20.3 Å². The Labute approximate surface area is 103 Å². The van der Waals surface area contributed by atoms with E-state index in [4.69, 9.17) is 12.2 Å². The van der Waals surface area contributed by atoms with E-state index in [0.29, 0.717) is 5.11 Å². The highest BCUT2D eigenvalue weighted by Crippen LogP contribution is 2.25. The first-order valence-electron chi connectivity index (χ1n) is 4.77. The van der Waals surface area contributed by atoms with Crippen molar-refractivity contribution in [2.75, 3.05) is 17.6 Å². The molecule has 0 aliphatic carbocycles. The molecule has 0 unspecified atom stereocenters. The van der Waals surface area contributed by atoms with Crippen molar-refractivity contribution in [3.63, 3.8) is 0 Å². The monoisotopic (exact) mass is 262 g/mol. The van der Waals surface area contributed by atoms with Crippen LogP contribution in [0.3, 0.4) is 0 Å². The summed E-state index contributed by atoms with van der Waals surface area (Å²) in [5, 5.41) is 15.4. The van der Waals surface area contributed by atoms with Gasteiger partial charge in [0.1, 0.15) is 0 Å². The number of aromatic nitrogens is 2. The van der Waals surface area contributed by atoms with E-state index in [2.05, 4.69) is 27.8 Å². The van der Waals surface area contributed by atoms with Gasteiger partial charge >= 0.3 is 0 Å².